The predicted molar refractivity (Wildman–Crippen MR) is 93.1 cm³/mol. The van der Waals surface area contributed by atoms with Crippen LogP contribution in [0.4, 0.5) is 0 Å². The number of nitrogens with two attached hydrogens (primary N) is 2. The third kappa shape index (κ3) is 5.11. The van der Waals surface area contributed by atoms with Gasteiger partial charge in [-0.1, -0.05) is 60.7 Å². The van der Waals surface area contributed by atoms with Gasteiger partial charge in [-0.25, -0.2) is 0 Å². The van der Waals surface area contributed by atoms with Crippen molar-refractivity contribution in [2.75, 3.05) is 0 Å². The number of rotatable bonds is 7. The highest BCUT2D eigenvalue weighted by Crippen LogP contribution is 2.34. The van der Waals surface area contributed by atoms with Crippen LogP contribution in [0.5, 0.6) is 0 Å². The summed E-state index contributed by atoms with van der Waals surface area (Å²) >= 11 is 0. The Morgan fingerprint density at radius 3 is 1.61 bits per heavy atom. The van der Waals surface area contributed by atoms with E-state index in [1.165, 1.54) is 0 Å². The number of benzene rings is 2. The lowest BCUT2D eigenvalue weighted by Gasteiger charge is -2.25. The van der Waals surface area contributed by atoms with Gasteiger partial charge in [0.15, 0.2) is 0 Å². The summed E-state index contributed by atoms with van der Waals surface area (Å²) in [6.07, 6.45) is 0.489. The lowest BCUT2D eigenvalue weighted by atomic mass is 9.78. The van der Waals surface area contributed by atoms with E-state index in [2.05, 4.69) is 0 Å². The van der Waals surface area contributed by atoms with E-state index in [-0.39, 0.29) is 24.7 Å². The lowest BCUT2D eigenvalue weighted by Crippen LogP contribution is -2.30. The van der Waals surface area contributed by atoms with Crippen LogP contribution >= 0.6 is 12.4 Å². The van der Waals surface area contributed by atoms with Crippen molar-refractivity contribution in [1.29, 1.82) is 0 Å². The lowest BCUT2D eigenvalue weighted by molar-refractivity contribution is -0.123. The Morgan fingerprint density at radius 2 is 1.26 bits per heavy atom. The molecule has 0 saturated heterocycles. The Hall–Kier alpha value is -2.33. The van der Waals surface area contributed by atoms with Crippen LogP contribution in [0, 0.1) is 5.92 Å². The van der Waals surface area contributed by atoms with Crippen molar-refractivity contribution in [3.63, 3.8) is 0 Å². The first-order chi connectivity index (χ1) is 10.6. The summed E-state index contributed by atoms with van der Waals surface area (Å²) in [7, 11) is 0. The molecule has 1 unspecified atom stereocenters. The maximum atomic E-state index is 12.0. The zero-order chi connectivity index (χ0) is 15.9. The van der Waals surface area contributed by atoms with Gasteiger partial charge in [0.1, 0.15) is 0 Å². The second-order valence-corrected chi connectivity index (χ2v) is 5.31. The molecule has 0 spiro atoms. The quantitative estimate of drug-likeness (QED) is 0.816. The number of primary amides is 2. The summed E-state index contributed by atoms with van der Waals surface area (Å²) < 4.78 is 0. The van der Waals surface area contributed by atoms with E-state index in [0.717, 1.165) is 11.1 Å². The highest BCUT2D eigenvalue weighted by Gasteiger charge is 2.29. The molecular formula is C18H21ClN2O2. The molecule has 2 rings (SSSR count). The normalized spacial score (nSPS) is 11.5. The molecule has 5 heteroatoms. The van der Waals surface area contributed by atoms with Crippen LogP contribution in [0.2, 0.25) is 0 Å². The summed E-state index contributed by atoms with van der Waals surface area (Å²) in [5, 5.41) is 0. The average Bonchev–Trinajstić information content (AvgIpc) is 2.52. The van der Waals surface area contributed by atoms with Gasteiger partial charge in [0.2, 0.25) is 11.8 Å². The van der Waals surface area contributed by atoms with Gasteiger partial charge in [0, 0.05) is 18.3 Å². The number of hydrogen-bond acceptors (Lipinski definition) is 2. The van der Waals surface area contributed by atoms with E-state index in [0.29, 0.717) is 6.42 Å². The topological polar surface area (TPSA) is 86.2 Å². The average molecular weight is 333 g/mol. The molecule has 0 saturated carbocycles. The molecule has 0 aliphatic carbocycles. The molecule has 2 aromatic carbocycles. The number of carbonyl (C=O) groups is 2. The number of hydrogen-bond donors (Lipinski definition) is 2. The van der Waals surface area contributed by atoms with Crippen LogP contribution in [0.1, 0.15) is 29.9 Å². The third-order valence-corrected chi connectivity index (χ3v) is 3.79. The monoisotopic (exact) mass is 332 g/mol. The first-order valence-electron chi connectivity index (χ1n) is 7.27. The standard InChI is InChI=1S/C18H20N2O2.ClH/c19-16(21)12-11-15(18(20)22)17(13-7-3-1-4-8-13)14-9-5-2-6-10-14;/h1-10,15,17H,11-12H2,(H2,19,21)(H2,20,22);1H. The van der Waals surface area contributed by atoms with Crippen molar-refractivity contribution >= 4 is 24.2 Å². The smallest absolute Gasteiger partial charge is 0.221 e. The van der Waals surface area contributed by atoms with Crippen molar-refractivity contribution in [3.05, 3.63) is 71.8 Å². The molecule has 0 fully saturated rings. The highest BCUT2D eigenvalue weighted by atomic mass is 35.5. The van der Waals surface area contributed by atoms with Crippen LogP contribution in [0.3, 0.4) is 0 Å². The van der Waals surface area contributed by atoms with Gasteiger partial charge < -0.3 is 11.5 Å². The number of halogens is 1. The maximum Gasteiger partial charge on any atom is 0.221 e. The van der Waals surface area contributed by atoms with Gasteiger partial charge >= 0.3 is 0 Å². The van der Waals surface area contributed by atoms with Gasteiger partial charge in [-0.15, -0.1) is 12.4 Å². The first-order valence-corrected chi connectivity index (χ1v) is 7.27. The Bertz CT molecular complexity index is 592. The molecule has 23 heavy (non-hydrogen) atoms. The summed E-state index contributed by atoms with van der Waals surface area (Å²) in [4.78, 5) is 23.1. The Kier molecular flexibility index (Phi) is 7.29. The summed E-state index contributed by atoms with van der Waals surface area (Å²) in [6.45, 7) is 0. The SMILES string of the molecule is Cl.NC(=O)CCC(C(N)=O)C(c1ccccc1)c1ccccc1. The molecule has 2 amide bonds. The fourth-order valence-corrected chi connectivity index (χ4v) is 2.75. The second kappa shape index (κ2) is 8.96. The van der Waals surface area contributed by atoms with E-state index in [1.54, 1.807) is 0 Å². The Morgan fingerprint density at radius 1 is 0.826 bits per heavy atom. The van der Waals surface area contributed by atoms with E-state index in [9.17, 15) is 9.59 Å². The molecule has 0 aliphatic rings. The molecule has 0 aromatic heterocycles. The minimum absolute atomic E-state index is 0. The molecule has 0 radical (unpaired) electrons. The van der Waals surface area contributed by atoms with Gasteiger partial charge in [-0.05, 0) is 17.5 Å². The molecule has 122 valence electrons. The van der Waals surface area contributed by atoms with Crippen LogP contribution in [-0.4, -0.2) is 11.8 Å². The largest absolute Gasteiger partial charge is 0.370 e. The van der Waals surface area contributed by atoms with Crippen LogP contribution in [0.15, 0.2) is 60.7 Å². The highest BCUT2D eigenvalue weighted by molar-refractivity contribution is 5.85. The minimum Gasteiger partial charge on any atom is -0.370 e. The van der Waals surface area contributed by atoms with Gasteiger partial charge in [-0.2, -0.15) is 0 Å². The molecule has 0 bridgehead atoms. The second-order valence-electron chi connectivity index (χ2n) is 5.31. The maximum absolute atomic E-state index is 12.0. The van der Waals surface area contributed by atoms with Crippen molar-refractivity contribution in [2.45, 2.75) is 18.8 Å². The van der Waals surface area contributed by atoms with Crippen molar-refractivity contribution < 1.29 is 9.59 Å². The molecular weight excluding hydrogens is 312 g/mol. The number of amides is 2. The molecule has 4 nitrogen and oxygen atoms in total. The van der Waals surface area contributed by atoms with E-state index in [4.69, 9.17) is 11.5 Å². The molecule has 0 aliphatic heterocycles. The van der Waals surface area contributed by atoms with E-state index >= 15 is 0 Å². The van der Waals surface area contributed by atoms with Crippen molar-refractivity contribution in [1.82, 2.24) is 0 Å². The Labute approximate surface area is 142 Å². The van der Waals surface area contributed by atoms with Crippen LogP contribution in [0.25, 0.3) is 0 Å². The summed E-state index contributed by atoms with van der Waals surface area (Å²) in [5.41, 5.74) is 12.8. The van der Waals surface area contributed by atoms with E-state index in [1.807, 2.05) is 60.7 Å². The van der Waals surface area contributed by atoms with Crippen LogP contribution in [-0.2, 0) is 9.59 Å². The van der Waals surface area contributed by atoms with Gasteiger partial charge in [0.05, 0.1) is 0 Å². The predicted octanol–water partition coefficient (Wildman–Crippen LogP) is 2.61. The summed E-state index contributed by atoms with van der Waals surface area (Å²) in [6, 6.07) is 19.4. The minimum atomic E-state index is -0.475. The molecule has 1 atom stereocenters. The van der Waals surface area contributed by atoms with Gasteiger partial charge in [0.25, 0.3) is 0 Å². The molecule has 2 aromatic rings. The van der Waals surface area contributed by atoms with Crippen molar-refractivity contribution in [3.8, 4) is 0 Å². The zero-order valence-corrected chi connectivity index (χ0v) is 13.5. The van der Waals surface area contributed by atoms with E-state index < -0.39 is 17.7 Å². The van der Waals surface area contributed by atoms with Gasteiger partial charge in [-0.3, -0.25) is 9.59 Å². The number of carbonyl (C=O) groups excluding carboxylic acids is 2. The fraction of sp³-hybridized carbons (Fsp3) is 0.222. The third-order valence-electron chi connectivity index (χ3n) is 3.79. The molecule has 4 N–H and O–H groups in total. The first kappa shape index (κ1) is 18.7. The summed E-state index contributed by atoms with van der Waals surface area (Å²) in [5.74, 6) is -1.50. The fourth-order valence-electron chi connectivity index (χ4n) is 2.75. The molecule has 0 heterocycles. The Balaban J connectivity index is 0.00000264. The zero-order valence-electron chi connectivity index (χ0n) is 12.7. The van der Waals surface area contributed by atoms with Crippen LogP contribution < -0.4 is 11.5 Å². The van der Waals surface area contributed by atoms with Crippen molar-refractivity contribution in [2.24, 2.45) is 17.4 Å².